The predicted molar refractivity (Wildman–Crippen MR) is 118 cm³/mol. The van der Waals surface area contributed by atoms with E-state index < -0.39 is 23.4 Å². The Bertz CT molecular complexity index is 1240. The molecule has 0 atom stereocenters. The first-order valence-corrected chi connectivity index (χ1v) is 10.0. The van der Waals surface area contributed by atoms with Gasteiger partial charge in [-0.25, -0.2) is 8.78 Å². The highest BCUT2D eigenvalue weighted by Crippen LogP contribution is 2.35. The van der Waals surface area contributed by atoms with E-state index in [0.717, 1.165) is 4.90 Å². The number of methoxy groups -OCH3 is 2. The molecule has 0 saturated heterocycles. The number of anilines is 1. The molecule has 33 heavy (non-hydrogen) atoms. The third kappa shape index (κ3) is 4.41. The van der Waals surface area contributed by atoms with E-state index >= 15 is 0 Å². The lowest BCUT2D eigenvalue weighted by molar-refractivity contribution is -0.137. The molecule has 0 aromatic heterocycles. The molecule has 168 valence electrons. The number of imide groups is 1. The third-order valence-corrected chi connectivity index (χ3v) is 5.22. The quantitative estimate of drug-likeness (QED) is 0.542. The molecule has 0 aliphatic carbocycles. The number of ether oxygens (including phenoxy) is 2. The van der Waals surface area contributed by atoms with Gasteiger partial charge in [-0.1, -0.05) is 24.3 Å². The van der Waals surface area contributed by atoms with Crippen molar-refractivity contribution in [1.29, 1.82) is 0 Å². The first-order chi connectivity index (χ1) is 15.9. The van der Waals surface area contributed by atoms with Crippen LogP contribution in [0.3, 0.4) is 0 Å². The summed E-state index contributed by atoms with van der Waals surface area (Å²) >= 11 is 0. The van der Waals surface area contributed by atoms with Crippen molar-refractivity contribution < 1.29 is 27.8 Å². The van der Waals surface area contributed by atoms with E-state index in [2.05, 4.69) is 5.32 Å². The predicted octanol–water partition coefficient (Wildman–Crippen LogP) is 4.37. The largest absolute Gasteiger partial charge is 0.497 e. The molecule has 0 radical (unpaired) electrons. The maximum atomic E-state index is 13.5. The Labute approximate surface area is 189 Å². The van der Waals surface area contributed by atoms with E-state index in [4.69, 9.17) is 9.47 Å². The molecule has 0 bridgehead atoms. The van der Waals surface area contributed by atoms with Crippen LogP contribution in [0.15, 0.2) is 72.4 Å². The number of nitrogens with zero attached hydrogens (tertiary/aromatic N) is 1. The Morgan fingerprint density at radius 2 is 1.45 bits per heavy atom. The Morgan fingerprint density at radius 3 is 2.06 bits per heavy atom. The summed E-state index contributed by atoms with van der Waals surface area (Å²) in [5.41, 5.74) is 1.53. The number of nitrogens with one attached hydrogen (secondary N) is 1. The highest BCUT2D eigenvalue weighted by molar-refractivity contribution is 6.36. The monoisotopic (exact) mass is 450 g/mol. The second-order valence-electron chi connectivity index (χ2n) is 7.27. The number of amides is 2. The van der Waals surface area contributed by atoms with Crippen LogP contribution in [0.4, 0.5) is 14.5 Å². The van der Waals surface area contributed by atoms with Crippen LogP contribution < -0.4 is 14.8 Å². The van der Waals surface area contributed by atoms with E-state index in [-0.39, 0.29) is 17.8 Å². The molecule has 0 spiro atoms. The summed E-state index contributed by atoms with van der Waals surface area (Å²) < 4.78 is 37.4. The Morgan fingerprint density at radius 1 is 0.818 bits per heavy atom. The molecule has 1 N–H and O–H groups in total. The number of rotatable bonds is 7. The van der Waals surface area contributed by atoms with E-state index in [1.165, 1.54) is 62.8 Å². The van der Waals surface area contributed by atoms with Gasteiger partial charge >= 0.3 is 0 Å². The van der Waals surface area contributed by atoms with Gasteiger partial charge in [-0.3, -0.25) is 14.5 Å². The van der Waals surface area contributed by atoms with Crippen LogP contribution in [0.25, 0.3) is 5.57 Å². The van der Waals surface area contributed by atoms with Crippen LogP contribution >= 0.6 is 0 Å². The minimum absolute atomic E-state index is 0.0252. The second kappa shape index (κ2) is 9.12. The van der Waals surface area contributed by atoms with Gasteiger partial charge in [-0.2, -0.15) is 0 Å². The SMILES string of the molecule is COc1ccc(NC2=C(c3ccc(F)cc3)C(=O)N(Cc3ccc(F)cc3)C2=O)c(OC)c1. The second-order valence-corrected chi connectivity index (χ2v) is 7.27. The van der Waals surface area contributed by atoms with Crippen LogP contribution in [0.2, 0.25) is 0 Å². The first kappa shape index (κ1) is 22.0. The minimum atomic E-state index is -0.568. The number of hydrogen-bond acceptors (Lipinski definition) is 5. The van der Waals surface area contributed by atoms with E-state index in [9.17, 15) is 18.4 Å². The van der Waals surface area contributed by atoms with Gasteiger partial charge in [-0.15, -0.1) is 0 Å². The summed E-state index contributed by atoms with van der Waals surface area (Å²) in [4.78, 5) is 27.7. The van der Waals surface area contributed by atoms with Crippen molar-refractivity contribution in [3.8, 4) is 11.5 Å². The maximum absolute atomic E-state index is 13.5. The summed E-state index contributed by atoms with van der Waals surface area (Å²) in [5.74, 6) is -1.05. The lowest BCUT2D eigenvalue weighted by Gasteiger charge is -2.16. The molecule has 0 saturated carbocycles. The van der Waals surface area contributed by atoms with Gasteiger partial charge in [-0.05, 0) is 47.5 Å². The standard InChI is InChI=1S/C25H20F2N2O4/c1-32-19-11-12-20(21(13-19)33-2)28-23-22(16-5-9-18(27)10-6-16)24(30)29(25(23)31)14-15-3-7-17(26)8-4-15/h3-13,28H,14H2,1-2H3. The molecule has 8 heteroatoms. The highest BCUT2D eigenvalue weighted by atomic mass is 19.1. The van der Waals surface area contributed by atoms with Crippen molar-refractivity contribution in [2.75, 3.05) is 19.5 Å². The lowest BCUT2D eigenvalue weighted by atomic mass is 10.0. The van der Waals surface area contributed by atoms with Gasteiger partial charge in [0.15, 0.2) is 0 Å². The van der Waals surface area contributed by atoms with Crippen molar-refractivity contribution in [2.24, 2.45) is 0 Å². The maximum Gasteiger partial charge on any atom is 0.278 e. The van der Waals surface area contributed by atoms with E-state index in [1.807, 2.05) is 0 Å². The Kier molecular flexibility index (Phi) is 6.08. The van der Waals surface area contributed by atoms with Crippen molar-refractivity contribution in [2.45, 2.75) is 6.54 Å². The van der Waals surface area contributed by atoms with Gasteiger partial charge in [0, 0.05) is 6.07 Å². The molecule has 1 heterocycles. The summed E-state index contributed by atoms with van der Waals surface area (Å²) in [7, 11) is 2.99. The fourth-order valence-electron chi connectivity index (χ4n) is 3.53. The fourth-order valence-corrected chi connectivity index (χ4v) is 3.53. The molecule has 2 amide bonds. The number of hydrogen-bond donors (Lipinski definition) is 1. The van der Waals surface area contributed by atoms with E-state index in [0.29, 0.717) is 28.3 Å². The number of halogens is 2. The number of carbonyl (C=O) groups excluding carboxylic acids is 2. The first-order valence-electron chi connectivity index (χ1n) is 10.0. The van der Waals surface area contributed by atoms with E-state index in [1.54, 1.807) is 18.2 Å². The number of carbonyl (C=O) groups is 2. The zero-order valence-corrected chi connectivity index (χ0v) is 17.9. The summed E-state index contributed by atoms with van der Waals surface area (Å²) in [6, 6.07) is 15.8. The molecular formula is C25H20F2N2O4. The normalized spacial score (nSPS) is 13.5. The smallest absolute Gasteiger partial charge is 0.278 e. The van der Waals surface area contributed by atoms with Crippen LogP contribution in [-0.2, 0) is 16.1 Å². The lowest BCUT2D eigenvalue weighted by Crippen LogP contribution is -2.32. The van der Waals surface area contributed by atoms with Gasteiger partial charge in [0.25, 0.3) is 11.8 Å². The average Bonchev–Trinajstić information content (AvgIpc) is 3.05. The van der Waals surface area contributed by atoms with Crippen molar-refractivity contribution >= 4 is 23.1 Å². The molecule has 1 aliphatic heterocycles. The highest BCUT2D eigenvalue weighted by Gasteiger charge is 2.39. The van der Waals surface area contributed by atoms with Crippen LogP contribution in [0, 0.1) is 11.6 Å². The zero-order valence-electron chi connectivity index (χ0n) is 17.9. The average molecular weight is 450 g/mol. The van der Waals surface area contributed by atoms with Crippen LogP contribution in [-0.4, -0.2) is 30.9 Å². The topological polar surface area (TPSA) is 67.9 Å². The molecule has 1 aliphatic rings. The minimum Gasteiger partial charge on any atom is -0.497 e. The molecule has 6 nitrogen and oxygen atoms in total. The molecule has 0 unspecified atom stereocenters. The van der Waals surface area contributed by atoms with Gasteiger partial charge in [0.2, 0.25) is 0 Å². The molecule has 0 fully saturated rings. The Balaban J connectivity index is 1.75. The van der Waals surface area contributed by atoms with Gasteiger partial charge in [0.05, 0.1) is 32.0 Å². The summed E-state index contributed by atoms with van der Waals surface area (Å²) in [6.07, 6.45) is 0. The van der Waals surface area contributed by atoms with Gasteiger partial charge in [0.1, 0.15) is 28.8 Å². The number of benzene rings is 3. The van der Waals surface area contributed by atoms with Crippen molar-refractivity contribution in [1.82, 2.24) is 4.90 Å². The van der Waals surface area contributed by atoms with Crippen molar-refractivity contribution in [3.63, 3.8) is 0 Å². The summed E-state index contributed by atoms with van der Waals surface area (Å²) in [5, 5.41) is 3.01. The molecule has 3 aromatic rings. The molecule has 4 rings (SSSR count). The fraction of sp³-hybridized carbons (Fsp3) is 0.120. The van der Waals surface area contributed by atoms with Crippen LogP contribution in [0.5, 0.6) is 11.5 Å². The van der Waals surface area contributed by atoms with Crippen LogP contribution in [0.1, 0.15) is 11.1 Å². The van der Waals surface area contributed by atoms with Gasteiger partial charge < -0.3 is 14.8 Å². The molecule has 3 aromatic carbocycles. The zero-order chi connectivity index (χ0) is 23.5. The third-order valence-electron chi connectivity index (χ3n) is 5.22. The molecular weight excluding hydrogens is 430 g/mol. The Hall–Kier alpha value is -4.20. The summed E-state index contributed by atoms with van der Waals surface area (Å²) in [6.45, 7) is -0.0480. The van der Waals surface area contributed by atoms with Crippen molar-refractivity contribution in [3.05, 3.63) is 95.2 Å².